The molecule has 78 valence electrons. The van der Waals surface area contributed by atoms with Crippen LogP contribution in [0.3, 0.4) is 0 Å². The molecule has 5 heteroatoms. The first-order valence-corrected chi connectivity index (χ1v) is 4.42. The van der Waals surface area contributed by atoms with Crippen LogP contribution in [0.25, 0.3) is 0 Å². The Kier molecular flexibility index (Phi) is 2.24. The summed E-state index contributed by atoms with van der Waals surface area (Å²) in [5, 5.41) is 8.72. The van der Waals surface area contributed by atoms with E-state index in [0.29, 0.717) is 0 Å². The molecule has 0 fully saturated rings. The molecule has 0 bridgehead atoms. The lowest BCUT2D eigenvalue weighted by molar-refractivity contribution is -0.114. The third kappa shape index (κ3) is 1.32. The van der Waals surface area contributed by atoms with Crippen molar-refractivity contribution in [1.29, 1.82) is 0 Å². The zero-order valence-electron chi connectivity index (χ0n) is 7.74. The quantitative estimate of drug-likeness (QED) is 0.715. The molecule has 0 spiro atoms. The van der Waals surface area contributed by atoms with Crippen molar-refractivity contribution in [3.8, 4) is 0 Å². The molecule has 4 nitrogen and oxygen atoms in total. The molecular formula is C10H8FNO3. The minimum absolute atomic E-state index is 0.0263. The molecule has 1 N–H and O–H groups in total. The summed E-state index contributed by atoms with van der Waals surface area (Å²) in [5.41, 5.74) is 0.0370. The van der Waals surface area contributed by atoms with Gasteiger partial charge in [0.15, 0.2) is 0 Å². The zero-order chi connectivity index (χ0) is 11.0. The molecule has 0 saturated carbocycles. The molecule has 0 aliphatic carbocycles. The molecule has 1 aliphatic rings. The number of amides is 1. The Morgan fingerprint density at radius 2 is 2.07 bits per heavy atom. The fraction of sp³-hybridized carbons (Fsp3) is 0.200. The predicted octanol–water partition coefficient (Wildman–Crippen LogP) is 0.347. The van der Waals surface area contributed by atoms with Crippen LogP contribution in [0.5, 0.6) is 0 Å². The number of fused-ring (bicyclic) bond motifs is 1. The Balaban J connectivity index is 2.56. The lowest BCUT2D eigenvalue weighted by atomic mass is 10.1. The van der Waals surface area contributed by atoms with Crippen LogP contribution in [0, 0.1) is 5.82 Å². The number of β-amino-alcohol motifs (C(OH)–C–C–N with tert-alkyl or cyclic N) is 1. The number of ketones is 1. The summed E-state index contributed by atoms with van der Waals surface area (Å²) in [5.74, 6) is -2.14. The van der Waals surface area contributed by atoms with E-state index in [0.717, 1.165) is 4.90 Å². The Labute approximate surface area is 84.9 Å². The van der Waals surface area contributed by atoms with Crippen molar-refractivity contribution in [3.05, 3.63) is 29.6 Å². The average Bonchev–Trinajstić information content (AvgIpc) is 2.46. The summed E-state index contributed by atoms with van der Waals surface area (Å²) in [6, 6.07) is 3.95. The number of hydrogen-bond donors (Lipinski definition) is 1. The zero-order valence-corrected chi connectivity index (χ0v) is 7.74. The molecule has 0 unspecified atom stereocenters. The van der Waals surface area contributed by atoms with Crippen LogP contribution in [-0.2, 0) is 4.79 Å². The molecule has 1 heterocycles. The van der Waals surface area contributed by atoms with Crippen LogP contribution in [0.2, 0.25) is 0 Å². The summed E-state index contributed by atoms with van der Waals surface area (Å²) in [6.45, 7) is -0.384. The van der Waals surface area contributed by atoms with Crippen molar-refractivity contribution in [2.75, 3.05) is 18.1 Å². The van der Waals surface area contributed by atoms with E-state index in [1.54, 1.807) is 0 Å². The number of halogens is 1. The standard InChI is InChI=1S/C10H8FNO3/c11-7-3-1-2-6-8(7)12(4-5-13)10(15)9(6)14/h1-3,13H,4-5H2. The lowest BCUT2D eigenvalue weighted by Gasteiger charge is -2.14. The van der Waals surface area contributed by atoms with Gasteiger partial charge in [-0.05, 0) is 12.1 Å². The highest BCUT2D eigenvalue weighted by molar-refractivity contribution is 6.52. The predicted molar refractivity (Wildman–Crippen MR) is 50.2 cm³/mol. The van der Waals surface area contributed by atoms with E-state index >= 15 is 0 Å². The molecule has 15 heavy (non-hydrogen) atoms. The van der Waals surface area contributed by atoms with Crippen molar-refractivity contribution in [1.82, 2.24) is 0 Å². The maximum atomic E-state index is 13.4. The van der Waals surface area contributed by atoms with Crippen LogP contribution >= 0.6 is 0 Å². The van der Waals surface area contributed by atoms with E-state index in [4.69, 9.17) is 5.11 Å². The molecule has 0 radical (unpaired) electrons. The van der Waals surface area contributed by atoms with Crippen molar-refractivity contribution < 1.29 is 19.1 Å². The smallest absolute Gasteiger partial charge is 0.299 e. The fourth-order valence-electron chi connectivity index (χ4n) is 1.63. The molecule has 1 aromatic rings. The maximum Gasteiger partial charge on any atom is 0.299 e. The third-order valence-corrected chi connectivity index (χ3v) is 2.26. The molecule has 0 aromatic heterocycles. The Morgan fingerprint density at radius 3 is 2.73 bits per heavy atom. The van der Waals surface area contributed by atoms with Gasteiger partial charge in [0.1, 0.15) is 5.82 Å². The minimum atomic E-state index is -0.788. The number of rotatable bonds is 2. The molecule has 0 saturated heterocycles. The van der Waals surface area contributed by atoms with E-state index in [2.05, 4.69) is 0 Å². The van der Waals surface area contributed by atoms with Gasteiger partial charge in [-0.2, -0.15) is 0 Å². The third-order valence-electron chi connectivity index (χ3n) is 2.26. The number of para-hydroxylation sites is 1. The summed E-state index contributed by atoms with van der Waals surface area (Å²) in [7, 11) is 0. The topological polar surface area (TPSA) is 57.6 Å². The summed E-state index contributed by atoms with van der Waals surface area (Å²) in [4.78, 5) is 23.8. The highest BCUT2D eigenvalue weighted by atomic mass is 19.1. The summed E-state index contributed by atoms with van der Waals surface area (Å²) in [6.07, 6.45) is 0. The Bertz CT molecular complexity index is 444. The molecule has 1 amide bonds. The molecule has 1 aromatic carbocycles. The SMILES string of the molecule is O=C1C(=O)N(CCO)c2c(F)cccc21. The Morgan fingerprint density at radius 1 is 1.33 bits per heavy atom. The summed E-state index contributed by atoms with van der Waals surface area (Å²) < 4.78 is 13.4. The minimum Gasteiger partial charge on any atom is -0.395 e. The van der Waals surface area contributed by atoms with Gasteiger partial charge in [-0.15, -0.1) is 0 Å². The number of anilines is 1. The highest BCUT2D eigenvalue weighted by Gasteiger charge is 2.37. The van der Waals surface area contributed by atoms with Crippen LogP contribution in [0.1, 0.15) is 10.4 Å². The van der Waals surface area contributed by atoms with Gasteiger partial charge in [-0.25, -0.2) is 4.39 Å². The first kappa shape index (κ1) is 9.79. The van der Waals surface area contributed by atoms with Crippen LogP contribution in [-0.4, -0.2) is 29.9 Å². The van der Waals surface area contributed by atoms with Gasteiger partial charge in [0.2, 0.25) is 0 Å². The van der Waals surface area contributed by atoms with Crippen molar-refractivity contribution >= 4 is 17.4 Å². The first-order chi connectivity index (χ1) is 7.16. The second-order valence-corrected chi connectivity index (χ2v) is 3.15. The average molecular weight is 209 g/mol. The first-order valence-electron chi connectivity index (χ1n) is 4.42. The van der Waals surface area contributed by atoms with E-state index in [1.807, 2.05) is 0 Å². The lowest BCUT2D eigenvalue weighted by Crippen LogP contribution is -2.32. The van der Waals surface area contributed by atoms with Gasteiger partial charge >= 0.3 is 0 Å². The normalized spacial score (nSPS) is 14.7. The van der Waals surface area contributed by atoms with Crippen molar-refractivity contribution in [3.63, 3.8) is 0 Å². The second-order valence-electron chi connectivity index (χ2n) is 3.15. The molecule has 2 rings (SSSR count). The number of nitrogens with zero attached hydrogens (tertiary/aromatic N) is 1. The van der Waals surface area contributed by atoms with Gasteiger partial charge in [0.05, 0.1) is 17.9 Å². The monoisotopic (exact) mass is 209 g/mol. The van der Waals surface area contributed by atoms with E-state index in [1.165, 1.54) is 18.2 Å². The van der Waals surface area contributed by atoms with Crippen LogP contribution < -0.4 is 4.90 Å². The molecule has 0 atom stereocenters. The number of Topliss-reactive ketones (excluding diaryl/α,β-unsaturated/α-hetero) is 1. The Hall–Kier alpha value is -1.75. The van der Waals surface area contributed by atoms with Gasteiger partial charge < -0.3 is 5.11 Å². The van der Waals surface area contributed by atoms with E-state index in [-0.39, 0.29) is 24.4 Å². The molecule has 1 aliphatic heterocycles. The number of carbonyl (C=O) groups excluding carboxylic acids is 2. The van der Waals surface area contributed by atoms with E-state index in [9.17, 15) is 14.0 Å². The van der Waals surface area contributed by atoms with Gasteiger partial charge in [0.25, 0.3) is 11.7 Å². The number of aliphatic hydroxyl groups excluding tert-OH is 1. The number of carbonyl (C=O) groups is 2. The van der Waals surface area contributed by atoms with Gasteiger partial charge in [-0.1, -0.05) is 6.07 Å². The van der Waals surface area contributed by atoms with Crippen LogP contribution in [0.15, 0.2) is 18.2 Å². The van der Waals surface area contributed by atoms with Crippen molar-refractivity contribution in [2.24, 2.45) is 0 Å². The maximum absolute atomic E-state index is 13.4. The largest absolute Gasteiger partial charge is 0.395 e. The summed E-state index contributed by atoms with van der Waals surface area (Å²) >= 11 is 0. The number of benzene rings is 1. The van der Waals surface area contributed by atoms with Gasteiger partial charge in [0, 0.05) is 6.54 Å². The van der Waals surface area contributed by atoms with Crippen LogP contribution in [0.4, 0.5) is 10.1 Å². The fourth-order valence-corrected chi connectivity index (χ4v) is 1.63. The second kappa shape index (κ2) is 3.43. The number of aliphatic hydroxyl groups is 1. The van der Waals surface area contributed by atoms with Crippen molar-refractivity contribution in [2.45, 2.75) is 0 Å². The molecular weight excluding hydrogens is 201 g/mol. The van der Waals surface area contributed by atoms with Gasteiger partial charge in [-0.3, -0.25) is 14.5 Å². The van der Waals surface area contributed by atoms with E-state index < -0.39 is 17.5 Å². The highest BCUT2D eigenvalue weighted by Crippen LogP contribution is 2.30. The number of hydrogen-bond acceptors (Lipinski definition) is 3.